The van der Waals surface area contributed by atoms with Crippen LogP contribution in [0.5, 0.6) is 0 Å². The summed E-state index contributed by atoms with van der Waals surface area (Å²) in [6.07, 6.45) is 1.56. The van der Waals surface area contributed by atoms with E-state index in [4.69, 9.17) is 11.6 Å². The zero-order valence-corrected chi connectivity index (χ0v) is 26.3. The van der Waals surface area contributed by atoms with Crippen LogP contribution in [0.2, 0.25) is 5.02 Å². The Hall–Kier alpha value is -5.64. The largest absolute Gasteiger partial charge is 0.478 e. The summed E-state index contributed by atoms with van der Waals surface area (Å²) in [5.74, 6) is -2.45. The van der Waals surface area contributed by atoms with Gasteiger partial charge in [-0.1, -0.05) is 84.4 Å². The molecule has 4 N–H and O–H groups in total. The maximum Gasteiger partial charge on any atom is 0.335 e. The number of aromatic carboxylic acids is 1. The van der Waals surface area contributed by atoms with E-state index in [9.17, 15) is 24.3 Å². The van der Waals surface area contributed by atoms with Crippen molar-refractivity contribution in [1.82, 2.24) is 5.32 Å². The van der Waals surface area contributed by atoms with E-state index in [1.54, 1.807) is 91.0 Å². The number of amides is 3. The van der Waals surface area contributed by atoms with E-state index in [0.29, 0.717) is 32.4 Å². The second-order valence-electron chi connectivity index (χ2n) is 10.2. The van der Waals surface area contributed by atoms with Crippen molar-refractivity contribution in [2.75, 3.05) is 10.6 Å². The number of rotatable bonds is 11. The summed E-state index contributed by atoms with van der Waals surface area (Å²) in [4.78, 5) is 52.2. The van der Waals surface area contributed by atoms with Crippen LogP contribution in [-0.4, -0.2) is 28.8 Å². The molecule has 0 saturated carbocycles. The molecule has 0 aliphatic heterocycles. The topological polar surface area (TPSA) is 125 Å². The first-order chi connectivity index (χ1) is 22.7. The van der Waals surface area contributed by atoms with E-state index in [0.717, 1.165) is 5.56 Å². The fraction of sp³-hybridized carbons (Fsp3) is 0.0270. The highest BCUT2D eigenvalue weighted by atomic mass is 35.5. The van der Waals surface area contributed by atoms with E-state index < -0.39 is 23.0 Å². The van der Waals surface area contributed by atoms with Crippen LogP contribution in [0, 0.1) is 0 Å². The summed E-state index contributed by atoms with van der Waals surface area (Å²) in [6.45, 7) is 0. The van der Waals surface area contributed by atoms with Crippen LogP contribution in [0.3, 0.4) is 0 Å². The van der Waals surface area contributed by atoms with Gasteiger partial charge in [0.2, 0.25) is 5.91 Å². The molecule has 5 aromatic rings. The minimum atomic E-state index is -1.10. The van der Waals surface area contributed by atoms with Crippen LogP contribution in [-0.2, 0) is 9.59 Å². The molecule has 1 unspecified atom stereocenters. The molecule has 0 saturated heterocycles. The number of carboxylic acid groups (broad SMARTS) is 1. The average Bonchev–Trinajstić information content (AvgIpc) is 3.08. The van der Waals surface area contributed by atoms with Gasteiger partial charge in [0.1, 0.15) is 10.9 Å². The second kappa shape index (κ2) is 15.6. The highest BCUT2D eigenvalue weighted by Gasteiger charge is 2.23. The van der Waals surface area contributed by atoms with E-state index in [2.05, 4.69) is 16.0 Å². The van der Waals surface area contributed by atoms with Gasteiger partial charge in [-0.05, 0) is 77.9 Å². The fourth-order valence-corrected chi connectivity index (χ4v) is 5.70. The van der Waals surface area contributed by atoms with Crippen molar-refractivity contribution in [3.05, 3.63) is 166 Å². The summed E-state index contributed by atoms with van der Waals surface area (Å²) in [5.41, 5.74) is 2.65. The van der Waals surface area contributed by atoms with Crippen LogP contribution >= 0.6 is 23.4 Å². The van der Waals surface area contributed by atoms with Gasteiger partial charge in [-0.25, -0.2) is 4.79 Å². The van der Waals surface area contributed by atoms with Crippen molar-refractivity contribution in [2.45, 2.75) is 10.1 Å². The van der Waals surface area contributed by atoms with Gasteiger partial charge < -0.3 is 21.1 Å². The van der Waals surface area contributed by atoms with Crippen molar-refractivity contribution in [1.29, 1.82) is 0 Å². The van der Waals surface area contributed by atoms with Gasteiger partial charge in [0.25, 0.3) is 11.8 Å². The molecule has 0 bridgehead atoms. The summed E-state index contributed by atoms with van der Waals surface area (Å²) < 4.78 is 0. The van der Waals surface area contributed by atoms with Crippen molar-refractivity contribution in [3.8, 4) is 0 Å². The standard InChI is InChI=1S/C37H28ClN3O5S/c38-28-19-17-24(18-20-28)21-32(41-34(42)26-11-5-2-6-12-26)35(43)39-30-15-8-16-31(23-30)47-33(25-9-3-1-4-10-25)36(44)40-29-14-7-13-27(22-29)37(45)46/h1-23,33H,(H,39,43)(H,40,44)(H,41,42)(H,45,46)/b32-21-. The fourth-order valence-electron chi connectivity index (χ4n) is 4.49. The van der Waals surface area contributed by atoms with Gasteiger partial charge in [-0.15, -0.1) is 11.8 Å². The van der Waals surface area contributed by atoms with Crippen molar-refractivity contribution in [3.63, 3.8) is 0 Å². The number of halogens is 1. The highest BCUT2D eigenvalue weighted by molar-refractivity contribution is 8.00. The van der Waals surface area contributed by atoms with E-state index in [1.807, 2.05) is 36.4 Å². The lowest BCUT2D eigenvalue weighted by atomic mass is 10.1. The van der Waals surface area contributed by atoms with Crippen LogP contribution < -0.4 is 16.0 Å². The molecule has 5 rings (SSSR count). The monoisotopic (exact) mass is 661 g/mol. The molecule has 0 aliphatic rings. The third kappa shape index (κ3) is 9.20. The number of thioether (sulfide) groups is 1. The number of hydrogen-bond acceptors (Lipinski definition) is 5. The van der Waals surface area contributed by atoms with Crippen molar-refractivity contribution >= 4 is 64.5 Å². The molecular weight excluding hydrogens is 634 g/mol. The molecule has 3 amide bonds. The summed E-state index contributed by atoms with van der Waals surface area (Å²) in [5, 5.41) is 17.6. The Morgan fingerprint density at radius 1 is 0.681 bits per heavy atom. The Morgan fingerprint density at radius 3 is 1.98 bits per heavy atom. The predicted octanol–water partition coefficient (Wildman–Crippen LogP) is 7.92. The second-order valence-corrected chi connectivity index (χ2v) is 11.8. The lowest BCUT2D eigenvalue weighted by Gasteiger charge is -2.18. The van der Waals surface area contributed by atoms with Crippen molar-refractivity contribution in [2.24, 2.45) is 0 Å². The number of benzene rings is 5. The number of nitrogens with one attached hydrogen (secondary N) is 3. The molecule has 5 aromatic carbocycles. The van der Waals surface area contributed by atoms with Crippen molar-refractivity contribution < 1.29 is 24.3 Å². The zero-order valence-electron chi connectivity index (χ0n) is 24.7. The third-order valence-electron chi connectivity index (χ3n) is 6.77. The first-order valence-electron chi connectivity index (χ1n) is 14.4. The van der Waals surface area contributed by atoms with E-state index in [-0.39, 0.29) is 17.2 Å². The Morgan fingerprint density at radius 2 is 1.30 bits per heavy atom. The number of anilines is 2. The SMILES string of the molecule is O=C(Nc1cccc(SC(C(=O)Nc2cccc(C(=O)O)c2)c2ccccc2)c1)/C(=C/c1ccc(Cl)cc1)NC(=O)c1ccccc1. The van der Waals surface area contributed by atoms with Crippen LogP contribution in [0.4, 0.5) is 11.4 Å². The number of carbonyl (C=O) groups excluding carboxylic acids is 3. The summed E-state index contributed by atoms with van der Waals surface area (Å²) in [6, 6.07) is 37.6. The smallest absolute Gasteiger partial charge is 0.335 e. The lowest BCUT2D eigenvalue weighted by molar-refractivity contribution is -0.116. The normalized spacial score (nSPS) is 11.6. The van der Waals surface area contributed by atoms with E-state index in [1.165, 1.54) is 23.9 Å². The molecule has 0 fully saturated rings. The summed E-state index contributed by atoms with van der Waals surface area (Å²) in [7, 11) is 0. The Kier molecular flexibility index (Phi) is 10.9. The first kappa shape index (κ1) is 32.7. The summed E-state index contributed by atoms with van der Waals surface area (Å²) >= 11 is 7.30. The molecule has 0 spiro atoms. The molecule has 47 heavy (non-hydrogen) atoms. The third-order valence-corrected chi connectivity index (χ3v) is 8.27. The van der Waals surface area contributed by atoms with Gasteiger partial charge in [-0.3, -0.25) is 14.4 Å². The molecule has 1 atom stereocenters. The van der Waals surface area contributed by atoms with Gasteiger partial charge in [0.15, 0.2) is 0 Å². The van der Waals surface area contributed by atoms with Gasteiger partial charge in [0, 0.05) is 26.9 Å². The molecular formula is C37H28ClN3O5S. The first-order valence-corrected chi connectivity index (χ1v) is 15.6. The average molecular weight is 662 g/mol. The minimum Gasteiger partial charge on any atom is -0.478 e. The highest BCUT2D eigenvalue weighted by Crippen LogP contribution is 2.37. The molecule has 0 aromatic heterocycles. The molecule has 10 heteroatoms. The molecule has 0 aliphatic carbocycles. The minimum absolute atomic E-state index is 0.0179. The molecule has 8 nitrogen and oxygen atoms in total. The number of hydrogen-bond donors (Lipinski definition) is 4. The predicted molar refractivity (Wildman–Crippen MR) is 185 cm³/mol. The molecule has 0 heterocycles. The molecule has 234 valence electrons. The maximum absolute atomic E-state index is 13.6. The van der Waals surface area contributed by atoms with Crippen LogP contribution in [0.1, 0.15) is 37.1 Å². The van der Waals surface area contributed by atoms with Crippen LogP contribution in [0.15, 0.2) is 144 Å². The number of carboxylic acids is 1. The van der Waals surface area contributed by atoms with Gasteiger partial charge >= 0.3 is 5.97 Å². The molecule has 0 radical (unpaired) electrons. The van der Waals surface area contributed by atoms with Gasteiger partial charge in [0.05, 0.1) is 5.56 Å². The van der Waals surface area contributed by atoms with E-state index >= 15 is 0 Å². The number of carbonyl (C=O) groups is 4. The van der Waals surface area contributed by atoms with Crippen LogP contribution in [0.25, 0.3) is 6.08 Å². The quantitative estimate of drug-likeness (QED) is 0.0842. The lowest BCUT2D eigenvalue weighted by Crippen LogP contribution is -2.30. The Balaban J connectivity index is 1.37. The Bertz CT molecular complexity index is 1930. The zero-order chi connectivity index (χ0) is 33.2. The van der Waals surface area contributed by atoms with Gasteiger partial charge in [-0.2, -0.15) is 0 Å². The maximum atomic E-state index is 13.6. The Labute approximate surface area is 280 Å².